The molecule has 19 heavy (non-hydrogen) atoms. The molecule has 1 unspecified atom stereocenters. The summed E-state index contributed by atoms with van der Waals surface area (Å²) in [5, 5.41) is 0.0201. The van der Waals surface area contributed by atoms with Crippen molar-refractivity contribution in [3.63, 3.8) is 0 Å². The molecule has 3 nitrogen and oxygen atoms in total. The first kappa shape index (κ1) is 16.3. The number of benzene rings is 1. The number of carbonyl (C=O) groups excluding carboxylic acids is 1. The van der Waals surface area contributed by atoms with E-state index >= 15 is 0 Å². The quantitative estimate of drug-likeness (QED) is 0.930. The molecule has 0 spiro atoms. The molecule has 1 fully saturated rings. The van der Waals surface area contributed by atoms with Crippen molar-refractivity contribution < 1.29 is 4.79 Å². The average Bonchev–Trinajstić information content (AvgIpc) is 2.80. The molecule has 1 saturated heterocycles. The van der Waals surface area contributed by atoms with Gasteiger partial charge in [-0.3, -0.25) is 4.79 Å². The summed E-state index contributed by atoms with van der Waals surface area (Å²) < 4.78 is 0. The van der Waals surface area contributed by atoms with Gasteiger partial charge in [0.25, 0.3) is 0 Å². The molecule has 0 saturated carbocycles. The standard InChI is InChI=1S/C14H20N2OS.ClH/c1-10(18-2)14(17)16-8-12(13(15)9-16)11-6-4-3-5-7-11;/h3-7,10,12-13H,8-9,15H2,1-2H3;1H/t10?,12-,13+;/m0./s1. The zero-order valence-electron chi connectivity index (χ0n) is 11.3. The van der Waals surface area contributed by atoms with Crippen LogP contribution in [0.4, 0.5) is 0 Å². The SMILES string of the molecule is CSC(C)C(=O)N1C[C@@H](N)[C@H](c2ccccc2)C1.Cl. The first-order valence-corrected chi connectivity index (χ1v) is 7.54. The predicted octanol–water partition coefficient (Wildman–Crippen LogP) is 2.11. The summed E-state index contributed by atoms with van der Waals surface area (Å²) in [4.78, 5) is 14.1. The molecule has 1 heterocycles. The first-order chi connectivity index (χ1) is 8.63. The van der Waals surface area contributed by atoms with E-state index in [9.17, 15) is 4.79 Å². The number of hydrogen-bond donors (Lipinski definition) is 1. The fraction of sp³-hybridized carbons (Fsp3) is 0.500. The van der Waals surface area contributed by atoms with Crippen LogP contribution in [-0.2, 0) is 4.79 Å². The van der Waals surface area contributed by atoms with E-state index in [1.807, 2.05) is 36.3 Å². The molecule has 3 atom stereocenters. The lowest BCUT2D eigenvalue weighted by Crippen LogP contribution is -2.36. The third-order valence-corrected chi connectivity index (χ3v) is 4.51. The highest BCUT2D eigenvalue weighted by Gasteiger charge is 2.35. The van der Waals surface area contributed by atoms with Crippen LogP contribution in [0.25, 0.3) is 0 Å². The molecule has 1 aromatic rings. The molecule has 1 aliphatic heterocycles. The Balaban J connectivity index is 0.00000180. The van der Waals surface area contributed by atoms with Crippen molar-refractivity contribution >= 4 is 30.1 Å². The molecular weight excluding hydrogens is 280 g/mol. The Labute approximate surface area is 125 Å². The minimum Gasteiger partial charge on any atom is -0.339 e. The van der Waals surface area contributed by atoms with Crippen LogP contribution < -0.4 is 5.73 Å². The molecule has 0 aliphatic carbocycles. The third kappa shape index (κ3) is 3.65. The first-order valence-electron chi connectivity index (χ1n) is 6.25. The Morgan fingerprint density at radius 1 is 1.37 bits per heavy atom. The lowest BCUT2D eigenvalue weighted by Gasteiger charge is -2.19. The van der Waals surface area contributed by atoms with Crippen LogP contribution in [0.1, 0.15) is 18.4 Å². The largest absolute Gasteiger partial charge is 0.339 e. The average molecular weight is 301 g/mol. The molecule has 2 rings (SSSR count). The lowest BCUT2D eigenvalue weighted by atomic mass is 9.95. The normalized spacial score (nSPS) is 23.8. The summed E-state index contributed by atoms with van der Waals surface area (Å²) in [5.74, 6) is 0.473. The zero-order chi connectivity index (χ0) is 13.1. The van der Waals surface area contributed by atoms with Crippen molar-refractivity contribution in [1.29, 1.82) is 0 Å². The van der Waals surface area contributed by atoms with E-state index in [1.54, 1.807) is 11.8 Å². The van der Waals surface area contributed by atoms with E-state index in [0.717, 1.165) is 6.54 Å². The Morgan fingerprint density at radius 2 is 2.00 bits per heavy atom. The van der Waals surface area contributed by atoms with Gasteiger partial charge in [0.1, 0.15) is 0 Å². The summed E-state index contributed by atoms with van der Waals surface area (Å²) in [6, 6.07) is 10.3. The van der Waals surface area contributed by atoms with Gasteiger partial charge in [-0.1, -0.05) is 30.3 Å². The molecule has 1 aliphatic rings. The summed E-state index contributed by atoms with van der Waals surface area (Å²) in [7, 11) is 0. The molecule has 5 heteroatoms. The van der Waals surface area contributed by atoms with Gasteiger partial charge in [0.05, 0.1) is 5.25 Å². The van der Waals surface area contributed by atoms with Crippen molar-refractivity contribution in [3.8, 4) is 0 Å². The maximum atomic E-state index is 12.1. The number of nitrogens with two attached hydrogens (primary N) is 1. The van der Waals surface area contributed by atoms with Crippen LogP contribution in [0.5, 0.6) is 0 Å². The second-order valence-electron chi connectivity index (χ2n) is 4.80. The number of amides is 1. The van der Waals surface area contributed by atoms with E-state index in [0.29, 0.717) is 6.54 Å². The zero-order valence-corrected chi connectivity index (χ0v) is 12.9. The maximum Gasteiger partial charge on any atom is 0.235 e. The van der Waals surface area contributed by atoms with E-state index in [4.69, 9.17) is 5.73 Å². The molecule has 106 valence electrons. The molecule has 0 aromatic heterocycles. The number of rotatable bonds is 3. The van der Waals surface area contributed by atoms with Gasteiger partial charge >= 0.3 is 0 Å². The highest BCUT2D eigenvalue weighted by Crippen LogP contribution is 2.27. The topological polar surface area (TPSA) is 46.3 Å². The van der Waals surface area contributed by atoms with Crippen LogP contribution in [0.15, 0.2) is 30.3 Å². The lowest BCUT2D eigenvalue weighted by molar-refractivity contribution is -0.129. The van der Waals surface area contributed by atoms with Gasteiger partial charge in [-0.15, -0.1) is 12.4 Å². The number of thioether (sulfide) groups is 1. The van der Waals surface area contributed by atoms with Gasteiger partial charge in [0.2, 0.25) is 5.91 Å². The van der Waals surface area contributed by atoms with Gasteiger partial charge in [-0.2, -0.15) is 11.8 Å². The van der Waals surface area contributed by atoms with Crippen molar-refractivity contribution in [3.05, 3.63) is 35.9 Å². The monoisotopic (exact) mass is 300 g/mol. The fourth-order valence-corrected chi connectivity index (χ4v) is 2.77. The van der Waals surface area contributed by atoms with Gasteiger partial charge in [0.15, 0.2) is 0 Å². The van der Waals surface area contributed by atoms with Gasteiger partial charge < -0.3 is 10.6 Å². The van der Waals surface area contributed by atoms with Crippen LogP contribution in [0.3, 0.4) is 0 Å². The Hall–Kier alpha value is -0.710. The highest BCUT2D eigenvalue weighted by molar-refractivity contribution is 7.99. The van der Waals surface area contributed by atoms with Crippen molar-refractivity contribution in [2.24, 2.45) is 5.73 Å². The minimum absolute atomic E-state index is 0. The van der Waals surface area contributed by atoms with Crippen molar-refractivity contribution in [1.82, 2.24) is 4.90 Å². The third-order valence-electron chi connectivity index (χ3n) is 3.61. The predicted molar refractivity (Wildman–Crippen MR) is 84.0 cm³/mol. The van der Waals surface area contributed by atoms with Crippen LogP contribution in [0, 0.1) is 0 Å². The number of carbonyl (C=O) groups is 1. The van der Waals surface area contributed by atoms with Crippen LogP contribution >= 0.6 is 24.2 Å². The second kappa shape index (κ2) is 7.17. The van der Waals surface area contributed by atoms with Gasteiger partial charge in [0, 0.05) is 25.0 Å². The van der Waals surface area contributed by atoms with Gasteiger partial charge in [-0.05, 0) is 18.7 Å². The Bertz CT molecular complexity index is 415. The van der Waals surface area contributed by atoms with Crippen molar-refractivity contribution in [2.45, 2.75) is 24.1 Å². The fourth-order valence-electron chi connectivity index (χ4n) is 2.42. The Kier molecular flexibility index (Phi) is 6.17. The Morgan fingerprint density at radius 3 is 2.58 bits per heavy atom. The van der Waals surface area contributed by atoms with Crippen molar-refractivity contribution in [2.75, 3.05) is 19.3 Å². The van der Waals surface area contributed by atoms with E-state index in [-0.39, 0.29) is 35.5 Å². The summed E-state index contributed by atoms with van der Waals surface area (Å²) in [6.45, 7) is 3.37. The smallest absolute Gasteiger partial charge is 0.235 e. The number of hydrogen-bond acceptors (Lipinski definition) is 3. The molecule has 2 N–H and O–H groups in total. The highest BCUT2D eigenvalue weighted by atomic mass is 35.5. The molecule has 1 amide bonds. The molecule has 0 radical (unpaired) electrons. The second-order valence-corrected chi connectivity index (χ2v) is 5.98. The summed E-state index contributed by atoms with van der Waals surface area (Å²) >= 11 is 1.59. The minimum atomic E-state index is 0. The van der Waals surface area contributed by atoms with E-state index in [1.165, 1.54) is 5.56 Å². The van der Waals surface area contributed by atoms with E-state index in [2.05, 4.69) is 12.1 Å². The maximum absolute atomic E-state index is 12.1. The van der Waals surface area contributed by atoms with Gasteiger partial charge in [-0.25, -0.2) is 0 Å². The van der Waals surface area contributed by atoms with Crippen LogP contribution in [0.2, 0.25) is 0 Å². The molecule has 1 aromatic carbocycles. The number of likely N-dealkylation sites (tertiary alicyclic amines) is 1. The molecule has 0 bridgehead atoms. The number of halogens is 1. The molecular formula is C14H21ClN2OS. The summed E-state index contributed by atoms with van der Waals surface area (Å²) in [5.41, 5.74) is 7.41. The van der Waals surface area contributed by atoms with E-state index < -0.39 is 0 Å². The number of nitrogens with zero attached hydrogens (tertiary/aromatic N) is 1. The summed E-state index contributed by atoms with van der Waals surface area (Å²) in [6.07, 6.45) is 1.97. The van der Waals surface area contributed by atoms with Crippen LogP contribution in [-0.4, -0.2) is 41.4 Å².